The number of carbonyl (C=O) groups is 2. The Balaban J connectivity index is 1.53. The molecule has 3 heterocycles. The normalized spacial score (nSPS) is 19.8. The van der Waals surface area contributed by atoms with Gasteiger partial charge >= 0.3 is 35.4 Å². The standard InChI is InChI=1S/C30H47N4O17P3S4/c1-21(35)45-14-11-30(2,3)57-56-19-44-12-7-8-13-46-26(36)10-6-5-9-22-16-34(29-27(22)28(31)32-18-33-29)25-15-23(47-20-58(4)55)24(49-25)17-48-53(40,41)51-54(42,43)50-52(37,38)39/h16,18,23-25H,6-8,10-15,17,19-20H2,1-4H3,(H,40,41)(H,42,43)(H2,31,32,33)(H2,37,38,39)/t23-,24+,25+,58?/m0/s1. The molecule has 28 heteroatoms. The van der Waals surface area contributed by atoms with Crippen molar-refractivity contribution in [3.8, 4) is 11.8 Å². The van der Waals surface area contributed by atoms with E-state index in [1.54, 1.807) is 38.6 Å². The van der Waals surface area contributed by atoms with E-state index < -0.39 is 63.9 Å². The summed E-state index contributed by atoms with van der Waals surface area (Å²) in [5, 5.41) is 0.401. The highest BCUT2D eigenvalue weighted by Crippen LogP contribution is 2.66. The van der Waals surface area contributed by atoms with Crippen molar-refractivity contribution in [2.45, 2.75) is 82.5 Å². The maximum absolute atomic E-state index is 12.4. The minimum Gasteiger partial charge on any atom is -0.466 e. The van der Waals surface area contributed by atoms with Crippen LogP contribution in [-0.2, 0) is 80.8 Å². The molecule has 0 saturated carbocycles. The molecular formula is C30H47N4O17P3S4. The summed E-state index contributed by atoms with van der Waals surface area (Å²) in [6.45, 7) is 5.91. The summed E-state index contributed by atoms with van der Waals surface area (Å²) in [5.74, 6) is 5.95. The number of phosphoric ester groups is 1. The van der Waals surface area contributed by atoms with Gasteiger partial charge in [0.05, 0.1) is 49.2 Å². The third kappa shape index (κ3) is 19.0. The number of nitrogens with two attached hydrogens (primary N) is 1. The molecule has 21 nitrogen and oxygen atoms in total. The van der Waals surface area contributed by atoms with Crippen LogP contribution >= 0.6 is 45.1 Å². The molecule has 328 valence electrons. The van der Waals surface area contributed by atoms with E-state index in [1.165, 1.54) is 13.3 Å². The molecular weight excluding hydrogens is 910 g/mol. The van der Waals surface area contributed by atoms with Crippen LogP contribution in [0.1, 0.15) is 71.1 Å². The minimum absolute atomic E-state index is 0.0409. The van der Waals surface area contributed by atoms with Gasteiger partial charge in [0.2, 0.25) is 0 Å². The third-order valence-electron chi connectivity index (χ3n) is 7.44. The van der Waals surface area contributed by atoms with E-state index in [2.05, 4.69) is 44.3 Å². The smallest absolute Gasteiger partial charge is 0.466 e. The van der Waals surface area contributed by atoms with Gasteiger partial charge in [-0.05, 0) is 50.6 Å². The van der Waals surface area contributed by atoms with Crippen molar-refractivity contribution >= 4 is 94.5 Å². The summed E-state index contributed by atoms with van der Waals surface area (Å²) in [7, 11) is -14.1. The van der Waals surface area contributed by atoms with Gasteiger partial charge < -0.3 is 53.6 Å². The number of fused-ring (bicyclic) bond motifs is 1. The molecule has 0 amide bonds. The average molecular weight is 957 g/mol. The highest BCUT2D eigenvalue weighted by atomic mass is 33.1. The first kappa shape index (κ1) is 50.8. The topological polar surface area (TPSA) is 297 Å². The van der Waals surface area contributed by atoms with Crippen LogP contribution in [0.25, 0.3) is 11.0 Å². The van der Waals surface area contributed by atoms with Crippen molar-refractivity contribution in [3.63, 3.8) is 0 Å². The first-order valence-electron chi connectivity index (χ1n) is 17.2. The van der Waals surface area contributed by atoms with Gasteiger partial charge in [0.1, 0.15) is 36.1 Å². The molecule has 1 fully saturated rings. The van der Waals surface area contributed by atoms with Crippen LogP contribution in [0.2, 0.25) is 0 Å². The number of phosphoric acid groups is 3. The Morgan fingerprint density at radius 1 is 1.10 bits per heavy atom. The number of nitrogen functional groups attached to an aromatic ring is 1. The fourth-order valence-electron chi connectivity index (χ4n) is 4.92. The van der Waals surface area contributed by atoms with Gasteiger partial charge in [-0.2, -0.15) is 8.62 Å². The number of anilines is 1. The average Bonchev–Trinajstić information content (AvgIpc) is 3.67. The Labute approximate surface area is 349 Å². The van der Waals surface area contributed by atoms with E-state index in [0.29, 0.717) is 48.6 Å². The number of nitrogens with zero attached hydrogens (tertiary/aromatic N) is 3. The Morgan fingerprint density at radius 2 is 1.83 bits per heavy atom. The lowest BCUT2D eigenvalue weighted by Crippen LogP contribution is -2.29. The quantitative estimate of drug-likeness (QED) is 0.0232. The summed E-state index contributed by atoms with van der Waals surface area (Å²) in [4.78, 5) is 68.7. The van der Waals surface area contributed by atoms with Crippen LogP contribution in [-0.4, -0.2) is 108 Å². The van der Waals surface area contributed by atoms with Crippen molar-refractivity contribution in [1.29, 1.82) is 0 Å². The van der Waals surface area contributed by atoms with Crippen molar-refractivity contribution < 1.29 is 79.7 Å². The maximum atomic E-state index is 12.4. The molecule has 3 unspecified atom stereocenters. The van der Waals surface area contributed by atoms with Crippen LogP contribution in [0.15, 0.2) is 12.5 Å². The molecule has 2 aromatic rings. The van der Waals surface area contributed by atoms with Gasteiger partial charge in [0.15, 0.2) is 0 Å². The van der Waals surface area contributed by atoms with Crippen molar-refractivity contribution in [1.82, 2.24) is 14.5 Å². The molecule has 0 aliphatic carbocycles. The van der Waals surface area contributed by atoms with Crippen LogP contribution in [0.5, 0.6) is 0 Å². The molecule has 6 N–H and O–H groups in total. The number of carbonyl (C=O) groups excluding carboxylic acids is 2. The molecule has 0 radical (unpaired) electrons. The molecule has 0 aromatic carbocycles. The highest BCUT2D eigenvalue weighted by molar-refractivity contribution is 8.77. The summed E-state index contributed by atoms with van der Waals surface area (Å²) in [6.07, 6.45) is 4.26. The maximum Gasteiger partial charge on any atom is 0.490 e. The van der Waals surface area contributed by atoms with Gasteiger partial charge in [-0.3, -0.25) is 14.1 Å². The van der Waals surface area contributed by atoms with E-state index >= 15 is 0 Å². The van der Waals surface area contributed by atoms with E-state index in [-0.39, 0.29) is 48.3 Å². The highest BCUT2D eigenvalue weighted by Gasteiger charge is 2.44. The summed E-state index contributed by atoms with van der Waals surface area (Å²) >= 11 is 5.21. The van der Waals surface area contributed by atoms with E-state index in [4.69, 9.17) is 54.9 Å². The lowest BCUT2D eigenvalue weighted by molar-refractivity contribution is -0.144. The number of ether oxygens (including phenoxy) is 5. The van der Waals surface area contributed by atoms with Gasteiger partial charge in [0.25, 0.3) is 0 Å². The number of aromatic nitrogens is 3. The van der Waals surface area contributed by atoms with Crippen molar-refractivity contribution in [3.05, 3.63) is 18.1 Å². The summed E-state index contributed by atoms with van der Waals surface area (Å²) in [5.41, 5.74) is 6.94. The number of esters is 2. The zero-order valence-electron chi connectivity index (χ0n) is 31.9. The van der Waals surface area contributed by atoms with Crippen molar-refractivity contribution in [2.24, 2.45) is 0 Å². The number of hydrogen-bond donors (Lipinski definition) is 5. The lowest BCUT2D eigenvalue weighted by atomic mass is 10.1. The van der Waals surface area contributed by atoms with Gasteiger partial charge in [-0.25, -0.2) is 23.7 Å². The monoisotopic (exact) mass is 956 g/mol. The fraction of sp³-hybridized carbons (Fsp3) is 0.667. The predicted octanol–water partition coefficient (Wildman–Crippen LogP) is 4.24. The fourth-order valence-corrected chi connectivity index (χ4v) is 10.8. The van der Waals surface area contributed by atoms with Crippen LogP contribution in [0.4, 0.5) is 5.82 Å². The van der Waals surface area contributed by atoms with E-state index in [1.807, 2.05) is 0 Å². The second-order valence-electron chi connectivity index (χ2n) is 12.9. The molecule has 0 spiro atoms. The summed E-state index contributed by atoms with van der Waals surface area (Å²) in [6, 6.07) is 0. The molecule has 0 bridgehead atoms. The molecule has 3 rings (SSSR count). The number of rotatable bonds is 25. The van der Waals surface area contributed by atoms with Gasteiger partial charge in [0, 0.05) is 37.3 Å². The van der Waals surface area contributed by atoms with Gasteiger partial charge in [-0.1, -0.05) is 42.9 Å². The largest absolute Gasteiger partial charge is 0.490 e. The SMILES string of the molecule is CC(=O)OCCC(C)(C)SSCOCCCCOC(=O)CCC#Cc1cn([C@H]2C[C@H](OCS(C)=S)[C@@H](COP(=O)(O)OP(=O)(O)OP(=O)(O)O)O2)c2ncnc(N)c12. The van der Waals surface area contributed by atoms with Crippen LogP contribution in [0, 0.1) is 11.8 Å². The Morgan fingerprint density at radius 3 is 2.52 bits per heavy atom. The lowest BCUT2D eigenvalue weighted by Gasteiger charge is -2.22. The first-order chi connectivity index (χ1) is 27.1. The first-order valence-corrected chi connectivity index (χ1v) is 26.8. The summed E-state index contributed by atoms with van der Waals surface area (Å²) < 4.78 is 77.0. The molecule has 1 saturated heterocycles. The Hall–Kier alpha value is -1.52. The molecule has 2 aromatic heterocycles. The van der Waals surface area contributed by atoms with E-state index in [9.17, 15) is 33.1 Å². The zero-order chi connectivity index (χ0) is 43.1. The van der Waals surface area contributed by atoms with E-state index in [0.717, 1.165) is 6.42 Å². The Kier molecular flexibility index (Phi) is 20.7. The minimum atomic E-state index is -5.73. The van der Waals surface area contributed by atoms with Crippen LogP contribution in [0.3, 0.4) is 0 Å². The van der Waals surface area contributed by atoms with Gasteiger partial charge in [-0.15, -0.1) is 0 Å². The third-order valence-corrected chi connectivity index (χ3v) is 15.0. The second-order valence-corrected chi connectivity index (χ2v) is 23.3. The Bertz CT molecular complexity index is 1940. The molecule has 1 aliphatic rings. The predicted molar refractivity (Wildman–Crippen MR) is 218 cm³/mol. The molecule has 58 heavy (non-hydrogen) atoms. The second kappa shape index (κ2) is 23.6. The number of unbranched alkanes of at least 4 members (excludes halogenated alkanes) is 1. The zero-order valence-corrected chi connectivity index (χ0v) is 37.8. The van der Waals surface area contributed by atoms with Crippen molar-refractivity contribution in [2.75, 3.05) is 50.3 Å². The molecule has 6 atom stereocenters. The molecule has 1 aliphatic heterocycles. The van der Waals surface area contributed by atoms with Crippen LogP contribution < -0.4 is 5.73 Å². The number of hydrogen-bond acceptors (Lipinski definition) is 19.